The van der Waals surface area contributed by atoms with Crippen molar-refractivity contribution in [2.45, 2.75) is 23.9 Å². The van der Waals surface area contributed by atoms with E-state index in [4.69, 9.17) is 19.7 Å². The van der Waals surface area contributed by atoms with Crippen molar-refractivity contribution in [2.75, 3.05) is 51.1 Å². The number of esters is 1. The van der Waals surface area contributed by atoms with Gasteiger partial charge in [0.1, 0.15) is 29.9 Å². The molecule has 0 amide bonds. The number of aliphatic hydroxyl groups is 1. The van der Waals surface area contributed by atoms with Crippen LogP contribution >= 0.6 is 43.2 Å². The maximum Gasteiger partial charge on any atom is 0.332 e. The molecule has 0 spiro atoms. The number of carbonyl (C=O) groups excluding carboxylic acids is 1. The van der Waals surface area contributed by atoms with E-state index in [1.807, 2.05) is 43.3 Å². The summed E-state index contributed by atoms with van der Waals surface area (Å²) in [5.74, 6) is 0.262. The second-order valence-electron chi connectivity index (χ2n) is 5.76. The van der Waals surface area contributed by atoms with Crippen molar-refractivity contribution in [2.24, 2.45) is 0 Å². The molecular formula is C22H32N2O7S4. The predicted molar refractivity (Wildman–Crippen MR) is 144 cm³/mol. The second-order valence-corrected chi connectivity index (χ2v) is 10.6. The van der Waals surface area contributed by atoms with Gasteiger partial charge in [-0.15, -0.1) is 0 Å². The number of aromatic nitrogens is 2. The number of ether oxygens (including phenoxy) is 3. The molecule has 0 aliphatic carbocycles. The molecule has 0 atom stereocenters. The lowest BCUT2D eigenvalue weighted by Crippen LogP contribution is -2.13. The quantitative estimate of drug-likeness (QED) is 0.181. The Labute approximate surface area is 222 Å². The molecule has 0 aromatic carbocycles. The van der Waals surface area contributed by atoms with Crippen LogP contribution in [-0.2, 0) is 23.8 Å². The fourth-order valence-electron chi connectivity index (χ4n) is 1.64. The summed E-state index contributed by atoms with van der Waals surface area (Å²) in [6.07, 6.45) is 3.52. The molecule has 35 heavy (non-hydrogen) atoms. The predicted octanol–water partition coefficient (Wildman–Crippen LogP) is 4.32. The average molecular weight is 565 g/mol. The molecule has 0 radical (unpaired) electrons. The first-order valence-electron chi connectivity index (χ1n) is 10.6. The molecule has 0 fully saturated rings. The fraction of sp³-hybridized carbons (Fsp3) is 0.455. The lowest BCUT2D eigenvalue weighted by atomic mass is 10.5. The molecule has 0 bridgehead atoms. The number of hydrogen-bond acceptors (Lipinski definition) is 12. The highest BCUT2D eigenvalue weighted by atomic mass is 33.1. The second kappa shape index (κ2) is 25.6. The van der Waals surface area contributed by atoms with Crippen molar-refractivity contribution in [1.29, 1.82) is 0 Å². The van der Waals surface area contributed by atoms with Crippen molar-refractivity contribution < 1.29 is 34.0 Å². The molecule has 2 aromatic rings. The Balaban J connectivity index is 0.000000550. The third-order valence-corrected chi connectivity index (χ3v) is 7.50. The standard InChI is InChI=1S/C11H15NO3S2.C7H9NOS2.C4H8O3/c1-2-14-9-11(13)15-7-8-16-17-10-5-3-4-6-12-10;9-5-6-10-11-7-3-1-2-4-8-7;1-2-7-3-4(5)6/h3-6H,2,7-9H2,1H3;1-4,9H,5-6H2;2-3H2,1H3,(H,5,6). The van der Waals surface area contributed by atoms with E-state index in [-0.39, 0.29) is 25.8 Å². The minimum absolute atomic E-state index is 0.0363. The first-order chi connectivity index (χ1) is 17.0. The highest BCUT2D eigenvalue weighted by molar-refractivity contribution is 8.77. The Hall–Kier alpha value is -1.48. The van der Waals surface area contributed by atoms with E-state index in [2.05, 4.69) is 14.7 Å². The van der Waals surface area contributed by atoms with Gasteiger partial charge in [0.15, 0.2) is 0 Å². The minimum atomic E-state index is -0.915. The number of pyridine rings is 2. The van der Waals surface area contributed by atoms with Crippen LogP contribution in [0.2, 0.25) is 0 Å². The number of carboxylic acids is 1. The van der Waals surface area contributed by atoms with E-state index >= 15 is 0 Å². The average Bonchev–Trinajstić information content (AvgIpc) is 2.88. The number of aliphatic hydroxyl groups excluding tert-OH is 1. The Morgan fingerprint density at radius 3 is 1.83 bits per heavy atom. The zero-order valence-corrected chi connectivity index (χ0v) is 23.0. The summed E-state index contributed by atoms with van der Waals surface area (Å²) in [6.45, 7) is 5.06. The van der Waals surface area contributed by atoms with E-state index in [1.54, 1.807) is 62.5 Å². The number of rotatable bonds is 15. The van der Waals surface area contributed by atoms with Gasteiger partial charge in [0, 0.05) is 37.1 Å². The molecule has 2 aromatic heterocycles. The van der Waals surface area contributed by atoms with Gasteiger partial charge in [0.25, 0.3) is 0 Å². The van der Waals surface area contributed by atoms with Gasteiger partial charge in [0.2, 0.25) is 0 Å². The van der Waals surface area contributed by atoms with Crippen LogP contribution in [0.1, 0.15) is 13.8 Å². The zero-order valence-electron chi connectivity index (χ0n) is 19.7. The van der Waals surface area contributed by atoms with Gasteiger partial charge >= 0.3 is 11.9 Å². The summed E-state index contributed by atoms with van der Waals surface area (Å²) in [7, 11) is 6.38. The Kier molecular flexibility index (Phi) is 24.5. The normalized spacial score (nSPS) is 9.80. The van der Waals surface area contributed by atoms with Crippen LogP contribution in [0.3, 0.4) is 0 Å². The number of hydrogen-bond donors (Lipinski definition) is 2. The lowest BCUT2D eigenvalue weighted by molar-refractivity contribution is -0.148. The van der Waals surface area contributed by atoms with Gasteiger partial charge in [-0.05, 0) is 59.7 Å². The monoisotopic (exact) mass is 564 g/mol. The summed E-state index contributed by atoms with van der Waals surface area (Å²) < 4.78 is 14.4. The maximum atomic E-state index is 11.1. The van der Waals surface area contributed by atoms with Crippen LogP contribution < -0.4 is 0 Å². The number of aliphatic carboxylic acids is 1. The van der Waals surface area contributed by atoms with E-state index in [9.17, 15) is 9.59 Å². The van der Waals surface area contributed by atoms with E-state index in [0.717, 1.165) is 21.6 Å². The molecule has 0 aliphatic rings. The lowest BCUT2D eigenvalue weighted by Gasteiger charge is -2.04. The van der Waals surface area contributed by atoms with Crippen LogP contribution in [0.25, 0.3) is 0 Å². The van der Waals surface area contributed by atoms with Crippen LogP contribution in [0, 0.1) is 0 Å². The molecular weight excluding hydrogens is 533 g/mol. The van der Waals surface area contributed by atoms with E-state index in [1.165, 1.54) is 0 Å². The Bertz CT molecular complexity index is 762. The number of nitrogens with zero attached hydrogens (tertiary/aromatic N) is 2. The Morgan fingerprint density at radius 2 is 1.40 bits per heavy atom. The van der Waals surface area contributed by atoms with E-state index in [0.29, 0.717) is 19.8 Å². The Morgan fingerprint density at radius 1 is 0.857 bits per heavy atom. The summed E-state index contributed by atoms with van der Waals surface area (Å²) in [5, 5.41) is 18.4. The molecule has 196 valence electrons. The summed E-state index contributed by atoms with van der Waals surface area (Å²) in [4.78, 5) is 29.0. The van der Waals surface area contributed by atoms with Crippen LogP contribution in [0.4, 0.5) is 0 Å². The maximum absolute atomic E-state index is 11.1. The van der Waals surface area contributed by atoms with Crippen molar-refractivity contribution in [3.8, 4) is 0 Å². The number of carboxylic acid groups (broad SMARTS) is 1. The molecule has 0 saturated heterocycles. The smallest absolute Gasteiger partial charge is 0.332 e. The van der Waals surface area contributed by atoms with Crippen LogP contribution in [0.5, 0.6) is 0 Å². The van der Waals surface area contributed by atoms with Gasteiger partial charge in [-0.3, -0.25) is 0 Å². The molecule has 0 saturated carbocycles. The van der Waals surface area contributed by atoms with Gasteiger partial charge in [-0.2, -0.15) is 0 Å². The van der Waals surface area contributed by atoms with Gasteiger partial charge in [-0.25, -0.2) is 19.6 Å². The van der Waals surface area contributed by atoms with Crippen LogP contribution in [0.15, 0.2) is 58.8 Å². The first-order valence-corrected chi connectivity index (χ1v) is 15.2. The largest absolute Gasteiger partial charge is 0.480 e. The van der Waals surface area contributed by atoms with Crippen molar-refractivity contribution in [1.82, 2.24) is 9.97 Å². The molecule has 9 nitrogen and oxygen atoms in total. The third kappa shape index (κ3) is 24.0. The van der Waals surface area contributed by atoms with Gasteiger partial charge in [0.05, 0.1) is 6.61 Å². The van der Waals surface area contributed by atoms with Crippen molar-refractivity contribution in [3.63, 3.8) is 0 Å². The molecule has 2 rings (SSSR count). The van der Waals surface area contributed by atoms with Gasteiger partial charge < -0.3 is 24.4 Å². The van der Waals surface area contributed by atoms with E-state index < -0.39 is 5.97 Å². The van der Waals surface area contributed by atoms with Gasteiger partial charge in [-0.1, -0.05) is 33.7 Å². The van der Waals surface area contributed by atoms with Crippen molar-refractivity contribution in [3.05, 3.63) is 48.8 Å². The van der Waals surface area contributed by atoms with Crippen LogP contribution in [-0.4, -0.2) is 83.3 Å². The van der Waals surface area contributed by atoms with Crippen molar-refractivity contribution >= 4 is 55.1 Å². The zero-order chi connectivity index (χ0) is 26.0. The molecule has 2 heterocycles. The summed E-state index contributed by atoms with van der Waals surface area (Å²) in [6, 6.07) is 11.6. The minimum Gasteiger partial charge on any atom is -0.480 e. The topological polar surface area (TPSA) is 128 Å². The SMILES string of the molecule is CCOCC(=O)O.CCOCC(=O)OCCSSc1ccccn1.OCCSSc1ccccn1. The highest BCUT2D eigenvalue weighted by Gasteiger charge is 2.02. The number of carbonyl (C=O) groups is 2. The highest BCUT2D eigenvalue weighted by Crippen LogP contribution is 2.28. The molecule has 13 heteroatoms. The third-order valence-electron chi connectivity index (χ3n) is 3.02. The molecule has 0 aliphatic heterocycles. The summed E-state index contributed by atoms with van der Waals surface area (Å²) >= 11 is 0. The fourth-order valence-corrected chi connectivity index (χ4v) is 4.99. The molecule has 2 N–H and O–H groups in total. The molecule has 0 unspecified atom stereocenters. The summed E-state index contributed by atoms with van der Waals surface area (Å²) in [5.41, 5.74) is 0. The first kappa shape index (κ1) is 33.5.